The Kier molecular flexibility index (Phi) is 6.58. The average Bonchev–Trinajstić information content (AvgIpc) is 2.33. The normalized spacial score (nSPS) is 10.9. The Morgan fingerprint density at radius 2 is 2.11 bits per heavy atom. The predicted octanol–water partition coefficient (Wildman–Crippen LogP) is 2.85. The summed E-state index contributed by atoms with van der Waals surface area (Å²) in [6, 6.07) is 6.09. The summed E-state index contributed by atoms with van der Waals surface area (Å²) in [5.41, 5.74) is 7.97. The number of nitrogen functional groups attached to an aromatic ring is 1. The first kappa shape index (κ1) is 14.8. The van der Waals surface area contributed by atoms with Crippen molar-refractivity contribution in [2.75, 3.05) is 25.4 Å². The third-order valence-corrected chi connectivity index (χ3v) is 2.68. The standard InChI is InChI=1S/C15H26N2O/c1-4-9-18-15-6-5-13(10-14(15)16)7-8-17-11-12(2)3/h5-6,10,12,17H,4,7-9,11,16H2,1-3H3. The van der Waals surface area contributed by atoms with Gasteiger partial charge in [0.1, 0.15) is 5.75 Å². The van der Waals surface area contributed by atoms with Gasteiger partial charge in [-0.3, -0.25) is 0 Å². The second-order valence-corrected chi connectivity index (χ2v) is 5.07. The van der Waals surface area contributed by atoms with Crippen LogP contribution in [-0.4, -0.2) is 19.7 Å². The molecule has 0 aromatic heterocycles. The number of nitrogens with two attached hydrogens (primary N) is 1. The maximum atomic E-state index is 5.97. The van der Waals surface area contributed by atoms with Crippen molar-refractivity contribution in [3.05, 3.63) is 23.8 Å². The molecule has 0 spiro atoms. The van der Waals surface area contributed by atoms with Crippen molar-refractivity contribution in [1.82, 2.24) is 5.32 Å². The molecule has 18 heavy (non-hydrogen) atoms. The molecule has 1 rings (SSSR count). The van der Waals surface area contributed by atoms with Crippen LogP contribution in [0.5, 0.6) is 5.75 Å². The smallest absolute Gasteiger partial charge is 0.142 e. The molecule has 0 saturated heterocycles. The summed E-state index contributed by atoms with van der Waals surface area (Å²) in [7, 11) is 0. The van der Waals surface area contributed by atoms with Gasteiger partial charge in [0.25, 0.3) is 0 Å². The maximum Gasteiger partial charge on any atom is 0.142 e. The van der Waals surface area contributed by atoms with Gasteiger partial charge in [-0.15, -0.1) is 0 Å². The minimum absolute atomic E-state index is 0.694. The van der Waals surface area contributed by atoms with E-state index in [-0.39, 0.29) is 0 Å². The zero-order valence-electron chi connectivity index (χ0n) is 11.8. The molecule has 0 amide bonds. The summed E-state index contributed by atoms with van der Waals surface area (Å²) < 4.78 is 5.56. The molecule has 1 aromatic carbocycles. The molecule has 0 heterocycles. The third kappa shape index (κ3) is 5.41. The molecule has 102 valence electrons. The van der Waals surface area contributed by atoms with E-state index in [1.807, 2.05) is 12.1 Å². The fraction of sp³-hybridized carbons (Fsp3) is 0.600. The van der Waals surface area contributed by atoms with Crippen LogP contribution in [0.1, 0.15) is 32.8 Å². The van der Waals surface area contributed by atoms with Crippen molar-refractivity contribution in [3.63, 3.8) is 0 Å². The Balaban J connectivity index is 2.41. The first-order valence-electron chi connectivity index (χ1n) is 6.85. The van der Waals surface area contributed by atoms with Crippen LogP contribution in [0.3, 0.4) is 0 Å². The number of hydrogen-bond donors (Lipinski definition) is 2. The lowest BCUT2D eigenvalue weighted by molar-refractivity contribution is 0.319. The number of nitrogens with one attached hydrogen (secondary N) is 1. The molecule has 0 bridgehead atoms. The molecule has 0 aliphatic carbocycles. The lowest BCUT2D eigenvalue weighted by Gasteiger charge is -2.10. The minimum Gasteiger partial charge on any atom is -0.491 e. The number of rotatable bonds is 8. The monoisotopic (exact) mass is 250 g/mol. The minimum atomic E-state index is 0.694. The number of ether oxygens (including phenoxy) is 1. The largest absolute Gasteiger partial charge is 0.491 e. The fourth-order valence-electron chi connectivity index (χ4n) is 1.72. The van der Waals surface area contributed by atoms with Crippen LogP contribution >= 0.6 is 0 Å². The van der Waals surface area contributed by atoms with Crippen LogP contribution in [0.4, 0.5) is 5.69 Å². The van der Waals surface area contributed by atoms with Crippen molar-refractivity contribution in [2.45, 2.75) is 33.6 Å². The molecule has 3 nitrogen and oxygen atoms in total. The zero-order chi connectivity index (χ0) is 13.4. The molecule has 3 heteroatoms. The van der Waals surface area contributed by atoms with Gasteiger partial charge in [-0.2, -0.15) is 0 Å². The molecule has 0 aliphatic heterocycles. The molecule has 0 atom stereocenters. The molecular weight excluding hydrogens is 224 g/mol. The molecule has 0 radical (unpaired) electrons. The fourth-order valence-corrected chi connectivity index (χ4v) is 1.72. The van der Waals surface area contributed by atoms with E-state index < -0.39 is 0 Å². The molecule has 0 fully saturated rings. The molecule has 1 aromatic rings. The van der Waals surface area contributed by atoms with E-state index in [4.69, 9.17) is 10.5 Å². The summed E-state index contributed by atoms with van der Waals surface area (Å²) in [4.78, 5) is 0. The summed E-state index contributed by atoms with van der Waals surface area (Å²) >= 11 is 0. The Morgan fingerprint density at radius 1 is 1.33 bits per heavy atom. The predicted molar refractivity (Wildman–Crippen MR) is 78.1 cm³/mol. The van der Waals surface area contributed by atoms with Gasteiger partial charge in [0.15, 0.2) is 0 Å². The number of hydrogen-bond acceptors (Lipinski definition) is 3. The number of benzene rings is 1. The highest BCUT2D eigenvalue weighted by Crippen LogP contribution is 2.22. The average molecular weight is 250 g/mol. The van der Waals surface area contributed by atoms with Crippen molar-refractivity contribution in [1.29, 1.82) is 0 Å². The second-order valence-electron chi connectivity index (χ2n) is 5.07. The summed E-state index contributed by atoms with van der Waals surface area (Å²) in [5, 5.41) is 3.43. The van der Waals surface area contributed by atoms with Crippen LogP contribution in [0, 0.1) is 5.92 Å². The Labute approximate surface area is 111 Å². The molecule has 0 aliphatic rings. The second kappa shape index (κ2) is 7.98. The van der Waals surface area contributed by atoms with Crippen molar-refractivity contribution in [3.8, 4) is 5.75 Å². The van der Waals surface area contributed by atoms with E-state index >= 15 is 0 Å². The summed E-state index contributed by atoms with van der Waals surface area (Å²) in [6.45, 7) is 9.29. The molecule has 3 N–H and O–H groups in total. The van der Waals surface area contributed by atoms with Gasteiger partial charge in [0.05, 0.1) is 12.3 Å². The van der Waals surface area contributed by atoms with E-state index in [1.54, 1.807) is 0 Å². The van der Waals surface area contributed by atoms with Gasteiger partial charge < -0.3 is 15.8 Å². The highest BCUT2D eigenvalue weighted by atomic mass is 16.5. The van der Waals surface area contributed by atoms with E-state index in [2.05, 4.69) is 32.2 Å². The van der Waals surface area contributed by atoms with Crippen LogP contribution in [0.15, 0.2) is 18.2 Å². The van der Waals surface area contributed by atoms with Gasteiger partial charge in [-0.1, -0.05) is 26.8 Å². The van der Waals surface area contributed by atoms with Crippen LogP contribution in [-0.2, 0) is 6.42 Å². The zero-order valence-corrected chi connectivity index (χ0v) is 11.8. The molecular formula is C15H26N2O. The van der Waals surface area contributed by atoms with E-state index in [0.717, 1.165) is 44.0 Å². The quantitative estimate of drug-likeness (QED) is 0.551. The topological polar surface area (TPSA) is 47.3 Å². The summed E-state index contributed by atoms with van der Waals surface area (Å²) in [6.07, 6.45) is 2.01. The van der Waals surface area contributed by atoms with Crippen molar-refractivity contribution >= 4 is 5.69 Å². The maximum absolute atomic E-state index is 5.97. The Morgan fingerprint density at radius 3 is 2.72 bits per heavy atom. The lowest BCUT2D eigenvalue weighted by atomic mass is 10.1. The van der Waals surface area contributed by atoms with E-state index in [0.29, 0.717) is 5.92 Å². The van der Waals surface area contributed by atoms with Gasteiger partial charge in [0, 0.05) is 0 Å². The first-order valence-corrected chi connectivity index (χ1v) is 6.85. The van der Waals surface area contributed by atoms with Gasteiger partial charge in [-0.05, 0) is 49.5 Å². The lowest BCUT2D eigenvalue weighted by Crippen LogP contribution is -2.22. The van der Waals surface area contributed by atoms with Crippen molar-refractivity contribution < 1.29 is 4.74 Å². The van der Waals surface area contributed by atoms with Gasteiger partial charge >= 0.3 is 0 Å². The van der Waals surface area contributed by atoms with Crippen molar-refractivity contribution in [2.24, 2.45) is 5.92 Å². The van der Waals surface area contributed by atoms with Gasteiger partial charge in [-0.25, -0.2) is 0 Å². The SMILES string of the molecule is CCCOc1ccc(CCNCC(C)C)cc1N. The Hall–Kier alpha value is -1.22. The van der Waals surface area contributed by atoms with Gasteiger partial charge in [0.2, 0.25) is 0 Å². The summed E-state index contributed by atoms with van der Waals surface area (Å²) in [5.74, 6) is 1.50. The number of anilines is 1. The van der Waals surface area contributed by atoms with Crippen LogP contribution in [0.25, 0.3) is 0 Å². The van der Waals surface area contributed by atoms with E-state index in [1.165, 1.54) is 5.56 Å². The molecule has 0 saturated carbocycles. The third-order valence-electron chi connectivity index (χ3n) is 2.68. The molecule has 0 unspecified atom stereocenters. The van der Waals surface area contributed by atoms with Crippen LogP contribution in [0.2, 0.25) is 0 Å². The highest BCUT2D eigenvalue weighted by Gasteiger charge is 2.02. The first-order chi connectivity index (χ1) is 8.63. The highest BCUT2D eigenvalue weighted by molar-refractivity contribution is 5.54. The Bertz CT molecular complexity index is 350. The van der Waals surface area contributed by atoms with E-state index in [9.17, 15) is 0 Å². The van der Waals surface area contributed by atoms with Crippen LogP contribution < -0.4 is 15.8 Å².